The quantitative estimate of drug-likeness (QED) is 0.111. The number of hydrogen-bond acceptors (Lipinski definition) is 11. The normalized spacial score (nSPS) is 37.2. The molecule has 4 aliphatic rings. The van der Waals surface area contributed by atoms with Gasteiger partial charge in [-0.2, -0.15) is 5.06 Å². The number of rotatable bonds is 11. The Hall–Kier alpha value is -1.67. The number of aliphatic hydroxyl groups excluding tert-OH is 2. The van der Waals surface area contributed by atoms with Crippen molar-refractivity contribution in [2.24, 2.45) is 11.8 Å². The molecule has 0 aromatic carbocycles. The molecule has 4 heterocycles. The molecule has 274 valence electrons. The highest BCUT2D eigenvalue weighted by Gasteiger charge is 2.47. The first-order valence-corrected chi connectivity index (χ1v) is 18.1. The zero-order chi connectivity index (χ0) is 35.1. The van der Waals surface area contributed by atoms with E-state index in [0.29, 0.717) is 18.9 Å². The second-order valence-corrected chi connectivity index (χ2v) is 15.0. The van der Waals surface area contributed by atoms with Crippen molar-refractivity contribution in [3.63, 3.8) is 0 Å². The lowest BCUT2D eigenvalue weighted by atomic mass is 9.89. The monoisotopic (exact) mass is 678 g/mol. The lowest BCUT2D eigenvalue weighted by Gasteiger charge is -2.42. The molecule has 3 fully saturated rings. The van der Waals surface area contributed by atoms with Crippen LogP contribution in [0.4, 0.5) is 0 Å². The highest BCUT2D eigenvalue weighted by molar-refractivity contribution is 5.70. The third kappa shape index (κ3) is 11.4. The fourth-order valence-electron chi connectivity index (χ4n) is 7.17. The van der Waals surface area contributed by atoms with Crippen LogP contribution in [0.15, 0.2) is 36.0 Å². The number of carbonyl (C=O) groups is 1. The molecule has 48 heavy (non-hydrogen) atoms. The van der Waals surface area contributed by atoms with Crippen molar-refractivity contribution in [1.82, 2.24) is 9.96 Å². The highest BCUT2D eigenvalue weighted by Crippen LogP contribution is 2.37. The van der Waals surface area contributed by atoms with Crippen molar-refractivity contribution in [2.45, 2.75) is 140 Å². The smallest absolute Gasteiger partial charge is 0.309 e. The number of esters is 1. The van der Waals surface area contributed by atoms with Crippen LogP contribution in [-0.2, 0) is 23.8 Å². The minimum atomic E-state index is -1.27. The van der Waals surface area contributed by atoms with Gasteiger partial charge in [-0.15, -0.1) is 0 Å². The summed E-state index contributed by atoms with van der Waals surface area (Å²) in [5, 5.41) is 45.4. The SMILES string of the molecule is CCC(O)C(C)C1OC1CC(C)(O)/C=C/C=C(\C)C1OC(=O)CC(O)CCC(C)(O)C(ON2CCN(C3CCOCC3)CC2)/C=C/C1C. The van der Waals surface area contributed by atoms with E-state index in [4.69, 9.17) is 19.0 Å². The Morgan fingerprint density at radius 3 is 2.54 bits per heavy atom. The van der Waals surface area contributed by atoms with Gasteiger partial charge in [0.1, 0.15) is 12.2 Å². The number of cyclic esters (lactones) is 1. The summed E-state index contributed by atoms with van der Waals surface area (Å²) in [4.78, 5) is 21.8. The molecular weight excluding hydrogens is 616 g/mol. The summed E-state index contributed by atoms with van der Waals surface area (Å²) >= 11 is 0. The largest absolute Gasteiger partial charge is 0.457 e. The van der Waals surface area contributed by atoms with Crippen LogP contribution in [0.1, 0.15) is 86.5 Å². The van der Waals surface area contributed by atoms with Crippen molar-refractivity contribution in [3.05, 3.63) is 36.0 Å². The molecule has 4 aliphatic heterocycles. The summed E-state index contributed by atoms with van der Waals surface area (Å²) in [6, 6.07) is 0.540. The molecule has 0 bridgehead atoms. The lowest BCUT2D eigenvalue weighted by Crippen LogP contribution is -2.54. The first-order valence-electron chi connectivity index (χ1n) is 18.1. The van der Waals surface area contributed by atoms with Gasteiger partial charge in [-0.25, -0.2) is 0 Å². The second kappa shape index (κ2) is 17.5. The standard InChI is InChI=1S/C37H62N2O9/c1-7-30(41)27(4)35-31(46-35)24-36(5,43)15-8-9-25(2)34-26(3)10-11-32(37(6,44)16-12-29(40)23-33(42)47-34)48-39-19-17-38(18-20-39)28-13-21-45-22-14-28/h8-11,15,26-32,34-35,40-41,43-44H,7,12-14,16-24H2,1-6H3/b11-10+,15-8+,25-9+. The number of hydroxylamine groups is 2. The fraction of sp³-hybridized carbons (Fsp3) is 0.811. The predicted molar refractivity (Wildman–Crippen MR) is 183 cm³/mol. The Kier molecular flexibility index (Phi) is 14.3. The molecule has 10 unspecified atom stereocenters. The predicted octanol–water partition coefficient (Wildman–Crippen LogP) is 3.30. The molecule has 0 amide bonds. The topological polar surface area (TPSA) is 145 Å². The average molecular weight is 679 g/mol. The summed E-state index contributed by atoms with van der Waals surface area (Å²) in [5.74, 6) is -0.769. The molecule has 0 radical (unpaired) electrons. The van der Waals surface area contributed by atoms with Crippen LogP contribution in [0, 0.1) is 11.8 Å². The fourth-order valence-corrected chi connectivity index (χ4v) is 7.17. The van der Waals surface area contributed by atoms with Crippen LogP contribution in [0.3, 0.4) is 0 Å². The number of hydrogen-bond donors (Lipinski definition) is 4. The van der Waals surface area contributed by atoms with Gasteiger partial charge in [0.05, 0.1) is 42.0 Å². The van der Waals surface area contributed by atoms with Crippen molar-refractivity contribution >= 4 is 5.97 Å². The number of epoxide rings is 1. The maximum absolute atomic E-state index is 12.9. The van der Waals surface area contributed by atoms with Crippen LogP contribution < -0.4 is 0 Å². The summed E-state index contributed by atoms with van der Waals surface area (Å²) in [5.41, 5.74) is -1.63. The minimum Gasteiger partial charge on any atom is -0.457 e. The van der Waals surface area contributed by atoms with E-state index in [1.165, 1.54) is 0 Å². The van der Waals surface area contributed by atoms with E-state index in [0.717, 1.165) is 57.8 Å². The third-order valence-electron chi connectivity index (χ3n) is 10.6. The van der Waals surface area contributed by atoms with Crippen LogP contribution in [0.2, 0.25) is 0 Å². The molecule has 0 aromatic rings. The Morgan fingerprint density at radius 1 is 1.19 bits per heavy atom. The maximum atomic E-state index is 12.9. The molecule has 0 spiro atoms. The van der Waals surface area contributed by atoms with E-state index in [9.17, 15) is 25.2 Å². The summed E-state index contributed by atoms with van der Waals surface area (Å²) in [6.45, 7) is 16.0. The Morgan fingerprint density at radius 2 is 1.88 bits per heavy atom. The maximum Gasteiger partial charge on any atom is 0.309 e. The Bertz CT molecular complexity index is 1110. The molecule has 0 saturated carbocycles. The number of piperazine rings is 1. The lowest BCUT2D eigenvalue weighted by molar-refractivity contribution is -0.242. The van der Waals surface area contributed by atoms with Crippen LogP contribution in [0.5, 0.6) is 0 Å². The molecule has 4 N–H and O–H groups in total. The molecule has 3 saturated heterocycles. The van der Waals surface area contributed by atoms with E-state index in [1.54, 1.807) is 26.0 Å². The van der Waals surface area contributed by atoms with Crippen molar-refractivity contribution in [1.29, 1.82) is 0 Å². The average Bonchev–Trinajstić information content (AvgIpc) is 3.81. The van der Waals surface area contributed by atoms with Gasteiger partial charge in [0.15, 0.2) is 0 Å². The van der Waals surface area contributed by atoms with Crippen molar-refractivity contribution < 1.29 is 44.3 Å². The number of ether oxygens (including phenoxy) is 3. The van der Waals surface area contributed by atoms with E-state index < -0.39 is 41.6 Å². The number of allylic oxidation sites excluding steroid dienone is 2. The summed E-state index contributed by atoms with van der Waals surface area (Å²) in [7, 11) is 0. The molecule has 10 atom stereocenters. The van der Waals surface area contributed by atoms with Gasteiger partial charge in [0.25, 0.3) is 0 Å². The molecule has 11 nitrogen and oxygen atoms in total. The first kappa shape index (κ1) is 39.1. The summed E-state index contributed by atoms with van der Waals surface area (Å²) < 4.78 is 17.2. The zero-order valence-corrected chi connectivity index (χ0v) is 30.0. The first-order chi connectivity index (χ1) is 22.7. The molecule has 0 aliphatic carbocycles. The van der Waals surface area contributed by atoms with E-state index in [2.05, 4.69) is 4.90 Å². The van der Waals surface area contributed by atoms with Gasteiger partial charge in [-0.1, -0.05) is 51.2 Å². The minimum absolute atomic E-state index is 0.00633. The summed E-state index contributed by atoms with van der Waals surface area (Å²) in [6.07, 6.45) is 9.72. The Balaban J connectivity index is 1.42. The third-order valence-corrected chi connectivity index (χ3v) is 10.6. The van der Waals surface area contributed by atoms with Crippen LogP contribution >= 0.6 is 0 Å². The van der Waals surface area contributed by atoms with Gasteiger partial charge in [0, 0.05) is 63.7 Å². The van der Waals surface area contributed by atoms with Gasteiger partial charge >= 0.3 is 5.97 Å². The number of nitrogens with zero attached hydrogens (tertiary/aromatic N) is 2. The van der Waals surface area contributed by atoms with Gasteiger partial charge in [-0.3, -0.25) is 14.5 Å². The zero-order valence-electron chi connectivity index (χ0n) is 30.0. The van der Waals surface area contributed by atoms with Crippen LogP contribution in [0.25, 0.3) is 0 Å². The van der Waals surface area contributed by atoms with E-state index in [-0.39, 0.29) is 43.3 Å². The molecular formula is C37H62N2O9. The second-order valence-electron chi connectivity index (χ2n) is 15.0. The number of carbonyl (C=O) groups excluding carboxylic acids is 1. The van der Waals surface area contributed by atoms with Gasteiger partial charge in [-0.05, 0) is 58.4 Å². The number of aliphatic hydroxyl groups is 4. The van der Waals surface area contributed by atoms with E-state index >= 15 is 0 Å². The highest BCUT2D eigenvalue weighted by atomic mass is 16.7. The molecule has 4 rings (SSSR count). The van der Waals surface area contributed by atoms with Crippen molar-refractivity contribution in [2.75, 3.05) is 39.4 Å². The van der Waals surface area contributed by atoms with Crippen LogP contribution in [-0.4, -0.2) is 130 Å². The van der Waals surface area contributed by atoms with Crippen molar-refractivity contribution in [3.8, 4) is 0 Å². The molecule has 0 aromatic heterocycles. The van der Waals surface area contributed by atoms with Gasteiger partial charge < -0.3 is 34.6 Å². The van der Waals surface area contributed by atoms with Gasteiger partial charge in [0.2, 0.25) is 0 Å². The molecule has 11 heteroatoms. The van der Waals surface area contributed by atoms with E-state index in [1.807, 2.05) is 51.0 Å². The Labute approximate surface area is 287 Å².